The molecule has 0 saturated carbocycles. The van der Waals surface area contributed by atoms with Crippen molar-refractivity contribution >= 4 is 55.8 Å². The van der Waals surface area contributed by atoms with Crippen LogP contribution in [-0.4, -0.2) is 135 Å². The molecule has 3 saturated heterocycles. The number of aromatic nitrogens is 3. The van der Waals surface area contributed by atoms with E-state index in [4.69, 9.17) is 29.2 Å². The standard InChI is InChI=1S/C51H71F2N7O5Si2/c1-33(2)67(34(3)4,35(5)6)28-20-39-42(52)19-16-36-14-13-15-40(43(36)39)45-44(53)46-41(30-54-45)47(59-31-37-17-18-38(32-59)60(37)50(62)65-51(7,8)9)56-48(55-46)63-26-25-57-21-23-58(24-22-57)49(61)64-27-29-66(10,11)12/h13-16,19,30,33-35,37-38H,17-18,21-27,29,31-32H2,1-12H3/t37-,38+. The topological polar surface area (TPSA) is 113 Å². The summed E-state index contributed by atoms with van der Waals surface area (Å²) in [7, 11) is -3.58. The van der Waals surface area contributed by atoms with Crippen LogP contribution in [0.4, 0.5) is 24.2 Å². The summed E-state index contributed by atoms with van der Waals surface area (Å²) >= 11 is 0. The average molecular weight is 956 g/mol. The zero-order valence-corrected chi connectivity index (χ0v) is 43.8. The van der Waals surface area contributed by atoms with Gasteiger partial charge in [0.1, 0.15) is 43.1 Å². The lowest BCUT2D eigenvalue weighted by Crippen LogP contribution is -2.57. The molecule has 7 rings (SSSR count). The number of rotatable bonds is 12. The van der Waals surface area contributed by atoms with Gasteiger partial charge in [0.25, 0.3) is 0 Å². The maximum absolute atomic E-state index is 17.6. The van der Waals surface area contributed by atoms with Crippen LogP contribution < -0.4 is 9.64 Å². The van der Waals surface area contributed by atoms with Gasteiger partial charge in [0.05, 0.1) is 29.6 Å². The smallest absolute Gasteiger partial charge is 0.410 e. The number of piperazine rings is 2. The first-order valence-electron chi connectivity index (χ1n) is 24.2. The molecule has 0 radical (unpaired) electrons. The highest BCUT2D eigenvalue weighted by Gasteiger charge is 2.45. The zero-order valence-electron chi connectivity index (χ0n) is 41.8. The first-order valence-corrected chi connectivity index (χ1v) is 30.2. The van der Waals surface area contributed by atoms with Crippen molar-refractivity contribution in [3.63, 3.8) is 0 Å². The van der Waals surface area contributed by atoms with E-state index in [0.717, 1.165) is 24.3 Å². The monoisotopic (exact) mass is 956 g/mol. The number of amides is 2. The van der Waals surface area contributed by atoms with Crippen molar-refractivity contribution in [1.82, 2.24) is 29.7 Å². The number of nitrogens with zero attached hydrogens (tertiary/aromatic N) is 7. The van der Waals surface area contributed by atoms with Crippen molar-refractivity contribution in [2.24, 2.45) is 0 Å². The largest absolute Gasteiger partial charge is 0.462 e. The normalized spacial score (nSPS) is 18.3. The second kappa shape index (κ2) is 20.0. The molecule has 4 aromatic rings. The SMILES string of the molecule is CC(C)[Si](C#Cc1c(F)ccc2cccc(-c3ncc4c(N5C[C@H]6CC[C@@H](C5)N6C(=O)OC(C)(C)C)nc(OCCN5CCN(C(=O)OCC[Si](C)(C)C)CC5)nc4c3F)c12)(C(C)C)C(C)C. The highest BCUT2D eigenvalue weighted by atomic mass is 28.3. The molecule has 3 aliphatic heterocycles. The fourth-order valence-electron chi connectivity index (χ4n) is 10.4. The molecule has 16 heteroatoms. The number of anilines is 1. The minimum atomic E-state index is -2.27. The van der Waals surface area contributed by atoms with E-state index in [1.54, 1.807) is 23.2 Å². The van der Waals surface area contributed by atoms with Crippen LogP contribution in [0.15, 0.2) is 36.5 Å². The predicted molar refractivity (Wildman–Crippen MR) is 268 cm³/mol. The maximum Gasteiger partial charge on any atom is 0.410 e. The molecule has 3 fully saturated rings. The molecule has 0 N–H and O–H groups in total. The van der Waals surface area contributed by atoms with E-state index in [1.165, 1.54) is 6.07 Å². The van der Waals surface area contributed by atoms with Gasteiger partial charge in [-0.3, -0.25) is 14.8 Å². The van der Waals surface area contributed by atoms with Gasteiger partial charge in [-0.15, -0.1) is 5.54 Å². The quantitative estimate of drug-likeness (QED) is 0.100. The third-order valence-electron chi connectivity index (χ3n) is 13.9. The molecule has 67 heavy (non-hydrogen) atoms. The van der Waals surface area contributed by atoms with E-state index >= 15 is 8.78 Å². The molecule has 3 aliphatic rings. The summed E-state index contributed by atoms with van der Waals surface area (Å²) in [6.07, 6.45) is 2.58. The van der Waals surface area contributed by atoms with Gasteiger partial charge in [-0.05, 0) is 67.7 Å². The molecule has 2 aromatic carbocycles. The Morgan fingerprint density at radius 3 is 2.13 bits per heavy atom. The van der Waals surface area contributed by atoms with Gasteiger partial charge in [-0.1, -0.05) is 91.4 Å². The Balaban J connectivity index is 1.23. The third kappa shape index (κ3) is 10.9. The van der Waals surface area contributed by atoms with E-state index in [0.29, 0.717) is 91.2 Å². The molecule has 362 valence electrons. The summed E-state index contributed by atoms with van der Waals surface area (Å²) in [5.41, 5.74) is 4.76. The number of hydrogen-bond donors (Lipinski definition) is 0. The van der Waals surface area contributed by atoms with Crippen LogP contribution in [0.1, 0.15) is 80.7 Å². The summed E-state index contributed by atoms with van der Waals surface area (Å²) in [5.74, 6) is 2.67. The second-order valence-electron chi connectivity index (χ2n) is 21.8. The third-order valence-corrected chi connectivity index (χ3v) is 21.9. The van der Waals surface area contributed by atoms with E-state index in [1.807, 2.05) is 37.8 Å². The van der Waals surface area contributed by atoms with Crippen molar-refractivity contribution in [3.8, 4) is 28.7 Å². The Hall–Kier alpha value is -4.86. The fraction of sp³-hybridized carbons (Fsp3) is 0.588. The first-order chi connectivity index (χ1) is 31.6. The summed E-state index contributed by atoms with van der Waals surface area (Å²) in [4.78, 5) is 48.5. The molecule has 0 spiro atoms. The summed E-state index contributed by atoms with van der Waals surface area (Å²) in [6, 6.07) is 9.29. The van der Waals surface area contributed by atoms with E-state index in [2.05, 4.69) is 82.4 Å². The lowest BCUT2D eigenvalue weighted by Gasteiger charge is -2.42. The average Bonchev–Trinajstić information content (AvgIpc) is 3.52. The Kier molecular flexibility index (Phi) is 14.9. The lowest BCUT2D eigenvalue weighted by atomic mass is 9.96. The Morgan fingerprint density at radius 1 is 0.866 bits per heavy atom. The minimum Gasteiger partial charge on any atom is -0.462 e. The molecule has 0 aliphatic carbocycles. The van der Waals surface area contributed by atoms with Crippen LogP contribution in [0.3, 0.4) is 0 Å². The van der Waals surface area contributed by atoms with E-state index in [-0.39, 0.29) is 53.7 Å². The fourth-order valence-corrected chi connectivity index (χ4v) is 16.4. The maximum atomic E-state index is 17.6. The highest BCUT2D eigenvalue weighted by molar-refractivity contribution is 6.90. The van der Waals surface area contributed by atoms with Crippen LogP contribution in [0.25, 0.3) is 32.9 Å². The molecular formula is C51H71F2N7O5Si2. The molecule has 5 heterocycles. The molecule has 2 atom stereocenters. The van der Waals surface area contributed by atoms with Crippen molar-refractivity contribution in [3.05, 3.63) is 53.7 Å². The number of carbonyl (C=O) groups excluding carboxylic acids is 2. The molecule has 12 nitrogen and oxygen atoms in total. The molecular weight excluding hydrogens is 885 g/mol. The molecule has 2 amide bonds. The summed E-state index contributed by atoms with van der Waals surface area (Å²) in [5, 5.41) is 1.63. The number of carbonyl (C=O) groups is 2. The van der Waals surface area contributed by atoms with Gasteiger partial charge in [0, 0.05) is 71.0 Å². The van der Waals surface area contributed by atoms with Gasteiger partial charge >= 0.3 is 18.2 Å². The number of halogens is 2. The van der Waals surface area contributed by atoms with Crippen LogP contribution >= 0.6 is 0 Å². The predicted octanol–water partition coefficient (Wildman–Crippen LogP) is 10.8. The van der Waals surface area contributed by atoms with E-state index in [9.17, 15) is 9.59 Å². The van der Waals surface area contributed by atoms with Gasteiger partial charge in [0.15, 0.2) is 5.82 Å². The summed E-state index contributed by atoms with van der Waals surface area (Å²) < 4.78 is 51.5. The van der Waals surface area contributed by atoms with Gasteiger partial charge in [-0.2, -0.15) is 9.97 Å². The van der Waals surface area contributed by atoms with Crippen molar-refractivity contribution in [2.75, 3.05) is 63.9 Å². The molecule has 2 bridgehead atoms. The van der Waals surface area contributed by atoms with Crippen LogP contribution in [-0.2, 0) is 9.47 Å². The van der Waals surface area contributed by atoms with Crippen molar-refractivity contribution < 1.29 is 32.6 Å². The zero-order chi connectivity index (χ0) is 48.6. The Morgan fingerprint density at radius 2 is 1.52 bits per heavy atom. The number of pyridine rings is 1. The Labute approximate surface area is 398 Å². The van der Waals surface area contributed by atoms with Crippen LogP contribution in [0.2, 0.25) is 42.3 Å². The minimum absolute atomic E-state index is 0.0120. The van der Waals surface area contributed by atoms with Gasteiger partial charge in [0.2, 0.25) is 0 Å². The van der Waals surface area contributed by atoms with Crippen LogP contribution in [0.5, 0.6) is 6.01 Å². The van der Waals surface area contributed by atoms with Gasteiger partial charge in [-0.25, -0.2) is 18.4 Å². The molecule has 2 aromatic heterocycles. The highest BCUT2D eigenvalue weighted by Crippen LogP contribution is 2.42. The first kappa shape index (κ1) is 50.0. The van der Waals surface area contributed by atoms with E-state index < -0.39 is 33.4 Å². The Bertz CT molecular complexity index is 2490. The summed E-state index contributed by atoms with van der Waals surface area (Å²) in [6.45, 7) is 30.2. The number of ether oxygens (including phenoxy) is 3. The van der Waals surface area contributed by atoms with Crippen LogP contribution in [0, 0.1) is 23.1 Å². The second-order valence-corrected chi connectivity index (χ2v) is 33.0. The lowest BCUT2D eigenvalue weighted by molar-refractivity contribution is 0.0122. The van der Waals surface area contributed by atoms with Crippen molar-refractivity contribution in [2.45, 2.75) is 135 Å². The number of fused-ring (bicyclic) bond motifs is 4. The number of hydrogen-bond acceptors (Lipinski definition) is 10. The molecule has 0 unspecified atom stereocenters. The van der Waals surface area contributed by atoms with Crippen molar-refractivity contribution in [1.29, 1.82) is 0 Å². The number of benzene rings is 2. The van der Waals surface area contributed by atoms with Gasteiger partial charge < -0.3 is 24.0 Å².